The van der Waals surface area contributed by atoms with Crippen molar-refractivity contribution in [1.82, 2.24) is 0 Å². The van der Waals surface area contributed by atoms with E-state index in [9.17, 15) is 4.79 Å². The monoisotopic (exact) mass is 413 g/mol. The number of ether oxygens (including phenoxy) is 5. The first-order valence-corrected chi connectivity index (χ1v) is 10.2. The third-order valence-electron chi connectivity index (χ3n) is 3.84. The Labute approximate surface area is 186 Å². The van der Waals surface area contributed by atoms with Crippen LogP contribution in [0.3, 0.4) is 0 Å². The van der Waals surface area contributed by atoms with Gasteiger partial charge in [-0.2, -0.15) is 0 Å². The summed E-state index contributed by atoms with van der Waals surface area (Å²) in [5.74, 6) is 2.75. The Bertz CT molecular complexity index is 762. The van der Waals surface area contributed by atoms with E-state index in [2.05, 4.69) is 0 Å². The summed E-state index contributed by atoms with van der Waals surface area (Å²) in [4.78, 5) is 13.2. The molecule has 0 bridgehead atoms. The molecule has 29 heavy (non-hydrogen) atoms. The van der Waals surface area contributed by atoms with Crippen molar-refractivity contribution < 1.29 is 28.5 Å². The van der Waals surface area contributed by atoms with Crippen LogP contribution in [-0.2, 0) is 0 Å². The molecule has 0 aliphatic heterocycles. The van der Waals surface area contributed by atoms with Crippen LogP contribution in [0.4, 0.5) is 0 Å². The SMILES string of the molecule is CCOc1cc(OCC)c(PC(=O)c2c(OC)cccc2OC)c(OCC)c1.[Li]. The molecule has 153 valence electrons. The molecule has 6 nitrogen and oxygen atoms in total. The fourth-order valence-corrected chi connectivity index (χ4v) is 3.86. The standard InChI is InChI=1S/C21H27O6P.Li/c1-6-25-14-12-17(26-7-2)20(18(13-14)27-8-3)28-21(22)19-15(23-4)10-9-11-16(19)24-5;/h9-13,28H,6-8H2,1-5H3;. The van der Waals surface area contributed by atoms with Crippen molar-refractivity contribution in [2.24, 2.45) is 0 Å². The number of carbonyl (C=O) groups is 1. The van der Waals surface area contributed by atoms with Gasteiger partial charge in [-0.25, -0.2) is 0 Å². The fraction of sp³-hybridized carbons (Fsp3) is 0.381. The first-order chi connectivity index (χ1) is 13.6. The number of methoxy groups -OCH3 is 2. The number of carbonyl (C=O) groups excluding carboxylic acids is 1. The van der Waals surface area contributed by atoms with Crippen molar-refractivity contribution in [3.8, 4) is 28.7 Å². The van der Waals surface area contributed by atoms with Crippen molar-refractivity contribution >= 4 is 38.3 Å². The Morgan fingerprint density at radius 1 is 0.828 bits per heavy atom. The molecule has 0 N–H and O–H groups in total. The predicted octanol–water partition coefficient (Wildman–Crippen LogP) is 3.66. The maximum absolute atomic E-state index is 13.2. The molecule has 0 saturated carbocycles. The van der Waals surface area contributed by atoms with E-state index in [1.807, 2.05) is 20.8 Å². The summed E-state index contributed by atoms with van der Waals surface area (Å²) >= 11 is 0. The minimum Gasteiger partial charge on any atom is -0.496 e. The van der Waals surface area contributed by atoms with E-state index in [0.717, 1.165) is 0 Å². The fourth-order valence-electron chi connectivity index (χ4n) is 2.73. The maximum atomic E-state index is 13.2. The molecule has 0 aliphatic carbocycles. The van der Waals surface area contributed by atoms with Gasteiger partial charge in [-0.05, 0) is 41.5 Å². The summed E-state index contributed by atoms with van der Waals surface area (Å²) < 4.78 is 28.0. The van der Waals surface area contributed by atoms with Crippen LogP contribution in [0.1, 0.15) is 31.1 Å². The van der Waals surface area contributed by atoms with Crippen LogP contribution < -0.4 is 29.0 Å². The largest absolute Gasteiger partial charge is 0.496 e. The summed E-state index contributed by atoms with van der Waals surface area (Å²) in [6.07, 6.45) is 0. The molecule has 2 rings (SSSR count). The molecule has 8 heteroatoms. The van der Waals surface area contributed by atoms with Gasteiger partial charge in [0.15, 0.2) is 5.52 Å². The third-order valence-corrected chi connectivity index (χ3v) is 5.06. The van der Waals surface area contributed by atoms with E-state index in [1.165, 1.54) is 14.2 Å². The third kappa shape index (κ3) is 6.31. The molecule has 0 aliphatic rings. The Balaban J connectivity index is 0.00000420. The first kappa shape index (κ1) is 25.2. The smallest absolute Gasteiger partial charge is 0.193 e. The molecule has 0 heterocycles. The van der Waals surface area contributed by atoms with Crippen molar-refractivity contribution in [2.45, 2.75) is 20.8 Å². The molecule has 1 atom stereocenters. The zero-order valence-electron chi connectivity index (χ0n) is 18.0. The quantitative estimate of drug-likeness (QED) is 0.414. The van der Waals surface area contributed by atoms with Gasteiger partial charge < -0.3 is 23.7 Å². The average Bonchev–Trinajstić information content (AvgIpc) is 2.70. The molecular formula is C21H27LiO6P. The number of rotatable bonds is 11. The van der Waals surface area contributed by atoms with E-state index >= 15 is 0 Å². The molecule has 1 radical (unpaired) electrons. The second-order valence-electron chi connectivity index (χ2n) is 5.59. The van der Waals surface area contributed by atoms with Crippen LogP contribution in [0, 0.1) is 0 Å². The van der Waals surface area contributed by atoms with E-state index < -0.39 is 0 Å². The Hall–Kier alpha value is -1.86. The van der Waals surface area contributed by atoms with Crippen molar-refractivity contribution in [2.75, 3.05) is 34.0 Å². The molecule has 0 saturated heterocycles. The Morgan fingerprint density at radius 3 is 1.72 bits per heavy atom. The van der Waals surface area contributed by atoms with Gasteiger partial charge in [0.25, 0.3) is 0 Å². The summed E-state index contributed by atoms with van der Waals surface area (Å²) in [5, 5.41) is 0.699. The molecule has 2 aromatic rings. The van der Waals surface area contributed by atoms with Gasteiger partial charge in [0.2, 0.25) is 0 Å². The van der Waals surface area contributed by atoms with Gasteiger partial charge in [-0.15, -0.1) is 0 Å². The number of hydrogen-bond acceptors (Lipinski definition) is 6. The molecule has 0 aromatic heterocycles. The molecular weight excluding hydrogens is 386 g/mol. The van der Waals surface area contributed by atoms with Crippen LogP contribution in [0.25, 0.3) is 0 Å². The molecule has 2 aromatic carbocycles. The van der Waals surface area contributed by atoms with E-state index in [0.29, 0.717) is 59.4 Å². The van der Waals surface area contributed by atoms with Crippen LogP contribution in [0.2, 0.25) is 0 Å². The van der Waals surface area contributed by atoms with Gasteiger partial charge in [0, 0.05) is 31.0 Å². The van der Waals surface area contributed by atoms with Crippen LogP contribution in [0.5, 0.6) is 28.7 Å². The summed E-state index contributed by atoms with van der Waals surface area (Å²) in [6.45, 7) is 7.15. The van der Waals surface area contributed by atoms with Gasteiger partial charge in [0.1, 0.15) is 34.3 Å². The van der Waals surface area contributed by atoms with Gasteiger partial charge in [0.05, 0.1) is 39.3 Å². The van der Waals surface area contributed by atoms with Crippen LogP contribution >= 0.6 is 8.58 Å². The molecule has 0 spiro atoms. The summed E-state index contributed by atoms with van der Waals surface area (Å²) in [6, 6.07) is 8.86. The minimum absolute atomic E-state index is 0. The zero-order valence-corrected chi connectivity index (χ0v) is 19.0. The molecule has 0 fully saturated rings. The van der Waals surface area contributed by atoms with E-state index in [4.69, 9.17) is 23.7 Å². The van der Waals surface area contributed by atoms with E-state index in [-0.39, 0.29) is 33.0 Å². The topological polar surface area (TPSA) is 63.2 Å². The van der Waals surface area contributed by atoms with Gasteiger partial charge in [-0.1, -0.05) is 6.07 Å². The summed E-state index contributed by atoms with van der Waals surface area (Å²) in [5.41, 5.74) is 0.282. The second kappa shape index (κ2) is 12.6. The van der Waals surface area contributed by atoms with E-state index in [1.54, 1.807) is 30.3 Å². The number of hydrogen-bond donors (Lipinski definition) is 0. The van der Waals surface area contributed by atoms with Gasteiger partial charge >= 0.3 is 0 Å². The predicted molar refractivity (Wildman–Crippen MR) is 118 cm³/mol. The number of benzene rings is 2. The normalized spacial score (nSPS) is 10.4. The molecule has 1 unspecified atom stereocenters. The Kier molecular flexibility index (Phi) is 11.0. The molecule has 0 amide bonds. The van der Waals surface area contributed by atoms with Crippen molar-refractivity contribution in [1.29, 1.82) is 0 Å². The van der Waals surface area contributed by atoms with Crippen LogP contribution in [-0.4, -0.2) is 58.4 Å². The summed E-state index contributed by atoms with van der Waals surface area (Å²) in [7, 11) is 2.83. The van der Waals surface area contributed by atoms with Gasteiger partial charge in [-0.3, -0.25) is 4.79 Å². The first-order valence-electron chi connectivity index (χ1n) is 9.18. The maximum Gasteiger partial charge on any atom is 0.193 e. The zero-order chi connectivity index (χ0) is 20.5. The van der Waals surface area contributed by atoms with Crippen molar-refractivity contribution in [3.05, 3.63) is 35.9 Å². The Morgan fingerprint density at radius 2 is 1.31 bits per heavy atom. The minimum atomic E-state index is -0.234. The van der Waals surface area contributed by atoms with Crippen LogP contribution in [0.15, 0.2) is 30.3 Å². The average molecular weight is 413 g/mol. The second-order valence-corrected chi connectivity index (χ2v) is 6.79. The van der Waals surface area contributed by atoms with Crippen molar-refractivity contribution in [3.63, 3.8) is 0 Å².